The number of nitrogens with one attached hydrogen (secondary N) is 1. The third-order valence-electron chi connectivity index (χ3n) is 3.41. The molecular weight excluding hydrogens is 242 g/mol. The van der Waals surface area contributed by atoms with E-state index in [2.05, 4.69) is 4.98 Å². The quantitative estimate of drug-likeness (QED) is 0.900. The Morgan fingerprint density at radius 2 is 2.47 bits per heavy atom. The first-order valence-corrected chi connectivity index (χ1v) is 6.74. The van der Waals surface area contributed by atoms with Crippen LogP contribution >= 0.6 is 0 Å². The molecule has 5 heteroatoms. The SMILES string of the molecule is CCN(C[C@H]1CCCCO1)C(=O)c1cc(C#N)c[nH]1. The average Bonchev–Trinajstić information content (AvgIpc) is 2.94. The zero-order valence-corrected chi connectivity index (χ0v) is 11.2. The summed E-state index contributed by atoms with van der Waals surface area (Å²) in [5.74, 6) is -0.0711. The minimum absolute atomic E-state index is 0.0711. The number of rotatable bonds is 4. The molecule has 2 rings (SSSR count). The molecule has 0 saturated carbocycles. The Morgan fingerprint density at radius 3 is 3.05 bits per heavy atom. The van der Waals surface area contributed by atoms with Gasteiger partial charge in [-0.2, -0.15) is 5.26 Å². The standard InChI is InChI=1S/C14H19N3O2/c1-2-17(10-12-5-3-4-6-19-12)14(18)13-7-11(8-15)9-16-13/h7,9,12,16H,2-6,10H2,1H3/t12-/m1/s1. The summed E-state index contributed by atoms with van der Waals surface area (Å²) in [4.78, 5) is 16.9. The van der Waals surface area contributed by atoms with E-state index in [1.165, 1.54) is 0 Å². The van der Waals surface area contributed by atoms with Gasteiger partial charge in [-0.25, -0.2) is 0 Å². The minimum atomic E-state index is -0.0711. The van der Waals surface area contributed by atoms with Crippen molar-refractivity contribution in [2.75, 3.05) is 19.7 Å². The van der Waals surface area contributed by atoms with Crippen molar-refractivity contribution in [2.45, 2.75) is 32.3 Å². The molecule has 1 aromatic rings. The van der Waals surface area contributed by atoms with E-state index in [9.17, 15) is 4.79 Å². The topological polar surface area (TPSA) is 69.1 Å². The smallest absolute Gasteiger partial charge is 0.270 e. The number of hydrogen-bond donors (Lipinski definition) is 1. The van der Waals surface area contributed by atoms with Crippen molar-refractivity contribution in [1.29, 1.82) is 5.26 Å². The number of likely N-dealkylation sites (N-methyl/N-ethyl adjacent to an activating group) is 1. The molecule has 0 aromatic carbocycles. The molecule has 1 atom stereocenters. The van der Waals surface area contributed by atoms with Crippen LogP contribution in [0.15, 0.2) is 12.3 Å². The normalized spacial score (nSPS) is 18.8. The molecule has 1 fully saturated rings. The summed E-state index contributed by atoms with van der Waals surface area (Å²) in [5.41, 5.74) is 0.947. The van der Waals surface area contributed by atoms with Gasteiger partial charge in [-0.3, -0.25) is 4.79 Å². The maximum absolute atomic E-state index is 12.3. The Bertz CT molecular complexity index is 469. The summed E-state index contributed by atoms with van der Waals surface area (Å²) >= 11 is 0. The van der Waals surface area contributed by atoms with E-state index in [4.69, 9.17) is 10.00 Å². The molecule has 1 aromatic heterocycles. The fraction of sp³-hybridized carbons (Fsp3) is 0.571. The lowest BCUT2D eigenvalue weighted by atomic mass is 10.1. The van der Waals surface area contributed by atoms with Gasteiger partial charge in [-0.1, -0.05) is 0 Å². The van der Waals surface area contributed by atoms with Crippen molar-refractivity contribution >= 4 is 5.91 Å². The highest BCUT2D eigenvalue weighted by molar-refractivity contribution is 5.92. The van der Waals surface area contributed by atoms with Crippen LogP contribution in [0.5, 0.6) is 0 Å². The molecule has 0 bridgehead atoms. The predicted molar refractivity (Wildman–Crippen MR) is 70.7 cm³/mol. The summed E-state index contributed by atoms with van der Waals surface area (Å²) < 4.78 is 5.67. The lowest BCUT2D eigenvalue weighted by Crippen LogP contribution is -2.39. The van der Waals surface area contributed by atoms with Gasteiger partial charge >= 0.3 is 0 Å². The number of amides is 1. The van der Waals surface area contributed by atoms with Crippen molar-refractivity contribution in [3.05, 3.63) is 23.5 Å². The number of carbonyl (C=O) groups is 1. The Morgan fingerprint density at radius 1 is 1.63 bits per heavy atom. The zero-order chi connectivity index (χ0) is 13.7. The highest BCUT2D eigenvalue weighted by Gasteiger charge is 2.22. The van der Waals surface area contributed by atoms with Crippen molar-refractivity contribution in [2.24, 2.45) is 0 Å². The molecule has 1 aliphatic heterocycles. The monoisotopic (exact) mass is 261 g/mol. The summed E-state index contributed by atoms with van der Waals surface area (Å²) in [6, 6.07) is 3.60. The Balaban J connectivity index is 2.00. The molecule has 0 radical (unpaired) electrons. The van der Waals surface area contributed by atoms with Gasteiger partial charge < -0.3 is 14.6 Å². The summed E-state index contributed by atoms with van der Waals surface area (Å²) in [5, 5.41) is 8.77. The largest absolute Gasteiger partial charge is 0.376 e. The van der Waals surface area contributed by atoms with Gasteiger partial charge in [-0.05, 0) is 32.3 Å². The summed E-state index contributed by atoms with van der Waals surface area (Å²) in [6.07, 6.45) is 4.98. The molecule has 1 aliphatic rings. The van der Waals surface area contributed by atoms with E-state index in [0.717, 1.165) is 25.9 Å². The highest BCUT2D eigenvalue weighted by atomic mass is 16.5. The second-order valence-electron chi connectivity index (χ2n) is 4.75. The molecular formula is C14H19N3O2. The third-order valence-corrected chi connectivity index (χ3v) is 3.41. The fourth-order valence-corrected chi connectivity index (χ4v) is 2.31. The van der Waals surface area contributed by atoms with Crippen LogP contribution in [0.3, 0.4) is 0 Å². The maximum atomic E-state index is 12.3. The number of carbonyl (C=O) groups excluding carboxylic acids is 1. The van der Waals surface area contributed by atoms with Crippen molar-refractivity contribution in [3.63, 3.8) is 0 Å². The van der Waals surface area contributed by atoms with Crippen LogP contribution in [0, 0.1) is 11.3 Å². The van der Waals surface area contributed by atoms with Crippen molar-refractivity contribution in [1.82, 2.24) is 9.88 Å². The van der Waals surface area contributed by atoms with E-state index in [1.807, 2.05) is 13.0 Å². The highest BCUT2D eigenvalue weighted by Crippen LogP contribution is 2.15. The number of H-pyrrole nitrogens is 1. The molecule has 19 heavy (non-hydrogen) atoms. The van der Waals surface area contributed by atoms with Crippen LogP contribution < -0.4 is 0 Å². The fourth-order valence-electron chi connectivity index (χ4n) is 2.31. The van der Waals surface area contributed by atoms with Gasteiger partial charge in [0.25, 0.3) is 5.91 Å². The van der Waals surface area contributed by atoms with E-state index in [-0.39, 0.29) is 12.0 Å². The molecule has 0 spiro atoms. The molecule has 1 N–H and O–H groups in total. The first kappa shape index (κ1) is 13.6. The molecule has 2 heterocycles. The van der Waals surface area contributed by atoms with Crippen LogP contribution in [0.4, 0.5) is 0 Å². The van der Waals surface area contributed by atoms with Crippen molar-refractivity contribution < 1.29 is 9.53 Å². The summed E-state index contributed by atoms with van der Waals surface area (Å²) in [7, 11) is 0. The van der Waals surface area contributed by atoms with E-state index < -0.39 is 0 Å². The van der Waals surface area contributed by atoms with Crippen LogP contribution in [0.1, 0.15) is 42.2 Å². The second-order valence-corrected chi connectivity index (χ2v) is 4.75. The number of nitriles is 1. The number of hydrogen-bond acceptors (Lipinski definition) is 3. The lowest BCUT2D eigenvalue weighted by Gasteiger charge is -2.29. The predicted octanol–water partition coefficient (Wildman–Crippen LogP) is 1.92. The number of ether oxygens (including phenoxy) is 1. The van der Waals surface area contributed by atoms with Gasteiger partial charge in [0.05, 0.1) is 11.7 Å². The Labute approximate surface area is 113 Å². The number of aromatic nitrogens is 1. The Hall–Kier alpha value is -1.80. The van der Waals surface area contributed by atoms with Gasteiger partial charge in [0, 0.05) is 25.9 Å². The first-order valence-electron chi connectivity index (χ1n) is 6.74. The third kappa shape index (κ3) is 3.36. The molecule has 1 saturated heterocycles. The maximum Gasteiger partial charge on any atom is 0.270 e. The Kier molecular flexibility index (Phi) is 4.58. The van der Waals surface area contributed by atoms with Gasteiger partial charge in [0.15, 0.2) is 0 Å². The lowest BCUT2D eigenvalue weighted by molar-refractivity contribution is -0.00321. The van der Waals surface area contributed by atoms with Gasteiger partial charge in [0.1, 0.15) is 11.8 Å². The molecule has 1 amide bonds. The summed E-state index contributed by atoms with van der Waals surface area (Å²) in [6.45, 7) is 4.00. The van der Waals surface area contributed by atoms with Crippen LogP contribution in [0.2, 0.25) is 0 Å². The second kappa shape index (κ2) is 6.39. The van der Waals surface area contributed by atoms with E-state index in [0.29, 0.717) is 24.3 Å². The first-order chi connectivity index (χ1) is 9.24. The van der Waals surface area contributed by atoms with E-state index >= 15 is 0 Å². The van der Waals surface area contributed by atoms with Crippen LogP contribution in [0.25, 0.3) is 0 Å². The van der Waals surface area contributed by atoms with Crippen molar-refractivity contribution in [3.8, 4) is 6.07 Å². The van der Waals surface area contributed by atoms with Crippen LogP contribution in [-0.4, -0.2) is 41.6 Å². The number of aromatic amines is 1. The average molecular weight is 261 g/mol. The molecule has 102 valence electrons. The zero-order valence-electron chi connectivity index (χ0n) is 11.2. The van der Waals surface area contributed by atoms with Gasteiger partial charge in [-0.15, -0.1) is 0 Å². The van der Waals surface area contributed by atoms with Crippen LogP contribution in [-0.2, 0) is 4.74 Å². The van der Waals surface area contributed by atoms with E-state index in [1.54, 1.807) is 17.2 Å². The molecule has 5 nitrogen and oxygen atoms in total. The minimum Gasteiger partial charge on any atom is -0.376 e. The number of nitrogens with zero attached hydrogens (tertiary/aromatic N) is 2. The molecule has 0 unspecified atom stereocenters. The van der Waals surface area contributed by atoms with Gasteiger partial charge in [0.2, 0.25) is 0 Å². The molecule has 0 aliphatic carbocycles.